The first kappa shape index (κ1) is 24.1. The van der Waals surface area contributed by atoms with Crippen LogP contribution in [0, 0.1) is 0 Å². The summed E-state index contributed by atoms with van der Waals surface area (Å²) in [4.78, 5) is 0. The van der Waals surface area contributed by atoms with Gasteiger partial charge in [0.15, 0.2) is 0 Å². The van der Waals surface area contributed by atoms with E-state index in [9.17, 15) is 0 Å². The summed E-state index contributed by atoms with van der Waals surface area (Å²) < 4.78 is 11.9. The van der Waals surface area contributed by atoms with Crippen LogP contribution in [-0.4, -0.2) is 23.9 Å². The number of hydrogen-bond donors (Lipinski definition) is 0. The molecule has 0 amide bonds. The van der Waals surface area contributed by atoms with Gasteiger partial charge < -0.3 is 9.47 Å². The molecule has 4 heteroatoms. The van der Waals surface area contributed by atoms with Crippen LogP contribution in [0.5, 0.6) is 11.5 Å². The highest BCUT2D eigenvalue weighted by Gasteiger charge is 2.45. The highest BCUT2D eigenvalue weighted by molar-refractivity contribution is 9.09. The van der Waals surface area contributed by atoms with Crippen LogP contribution in [0.15, 0.2) is 97.1 Å². The predicted octanol–water partition coefficient (Wildman–Crippen LogP) is 8.38. The standard InChI is InChI=1S/C31H28Br2O2/c32-19-5-21-34-25-15-11-23(12-16-25)31(24-13-17-26(18-14-24)35-22-6-20-33)29-9-3-1-7-27(29)28-8-2-4-10-30(28)31/h1-4,7-18H,5-6,19-22H2. The molecule has 0 saturated heterocycles. The molecule has 0 fully saturated rings. The lowest BCUT2D eigenvalue weighted by atomic mass is 9.68. The van der Waals surface area contributed by atoms with Gasteiger partial charge in [-0.3, -0.25) is 0 Å². The summed E-state index contributed by atoms with van der Waals surface area (Å²) in [5.41, 5.74) is 7.25. The molecule has 5 rings (SSSR count). The molecule has 0 aromatic heterocycles. The van der Waals surface area contributed by atoms with Crippen molar-refractivity contribution in [2.45, 2.75) is 18.3 Å². The van der Waals surface area contributed by atoms with Crippen LogP contribution in [0.3, 0.4) is 0 Å². The Labute approximate surface area is 224 Å². The van der Waals surface area contributed by atoms with E-state index in [1.165, 1.54) is 33.4 Å². The lowest BCUT2D eigenvalue weighted by Gasteiger charge is -2.34. The molecular weight excluding hydrogens is 564 g/mol. The van der Waals surface area contributed by atoms with Gasteiger partial charge in [-0.15, -0.1) is 0 Å². The van der Waals surface area contributed by atoms with Gasteiger partial charge in [-0.2, -0.15) is 0 Å². The predicted molar refractivity (Wildman–Crippen MR) is 152 cm³/mol. The molecule has 0 atom stereocenters. The van der Waals surface area contributed by atoms with Gasteiger partial charge in [-0.25, -0.2) is 0 Å². The summed E-state index contributed by atoms with van der Waals surface area (Å²) in [6, 6.07) is 34.9. The zero-order chi connectivity index (χ0) is 24.1. The Kier molecular flexibility index (Phi) is 7.60. The first-order valence-corrected chi connectivity index (χ1v) is 14.3. The second kappa shape index (κ2) is 11.0. The van der Waals surface area contributed by atoms with Crippen LogP contribution in [0.25, 0.3) is 11.1 Å². The maximum atomic E-state index is 5.95. The Morgan fingerprint density at radius 3 is 1.31 bits per heavy atom. The minimum absolute atomic E-state index is 0.407. The smallest absolute Gasteiger partial charge is 0.119 e. The Bertz CT molecular complexity index is 1160. The normalized spacial score (nSPS) is 13.2. The summed E-state index contributed by atoms with van der Waals surface area (Å²) in [7, 11) is 0. The van der Waals surface area contributed by atoms with E-state index in [1.54, 1.807) is 0 Å². The van der Waals surface area contributed by atoms with Crippen molar-refractivity contribution in [3.05, 3.63) is 119 Å². The zero-order valence-electron chi connectivity index (χ0n) is 19.6. The third kappa shape index (κ3) is 4.54. The monoisotopic (exact) mass is 590 g/mol. The maximum Gasteiger partial charge on any atom is 0.119 e. The minimum Gasteiger partial charge on any atom is -0.494 e. The highest BCUT2D eigenvalue weighted by atomic mass is 79.9. The van der Waals surface area contributed by atoms with Gasteiger partial charge in [0.25, 0.3) is 0 Å². The highest BCUT2D eigenvalue weighted by Crippen LogP contribution is 2.56. The van der Waals surface area contributed by atoms with Crippen molar-refractivity contribution in [2.75, 3.05) is 23.9 Å². The van der Waals surface area contributed by atoms with Crippen LogP contribution in [-0.2, 0) is 5.41 Å². The number of rotatable bonds is 10. The molecule has 2 nitrogen and oxygen atoms in total. The molecule has 0 N–H and O–H groups in total. The quantitative estimate of drug-likeness (QED) is 0.120. The molecule has 1 aliphatic carbocycles. The fraction of sp³-hybridized carbons (Fsp3) is 0.226. The van der Waals surface area contributed by atoms with Gasteiger partial charge in [-0.1, -0.05) is 105 Å². The van der Waals surface area contributed by atoms with Crippen molar-refractivity contribution >= 4 is 31.9 Å². The van der Waals surface area contributed by atoms with E-state index in [-0.39, 0.29) is 0 Å². The maximum absolute atomic E-state index is 5.95. The summed E-state index contributed by atoms with van der Waals surface area (Å²) in [5.74, 6) is 1.81. The Hall–Kier alpha value is -2.56. The number of halogens is 2. The fourth-order valence-corrected chi connectivity index (χ4v) is 5.57. The van der Waals surface area contributed by atoms with Gasteiger partial charge in [0.1, 0.15) is 11.5 Å². The van der Waals surface area contributed by atoms with Gasteiger partial charge in [-0.05, 0) is 70.5 Å². The summed E-state index contributed by atoms with van der Waals surface area (Å²) in [6.07, 6.45) is 1.97. The van der Waals surface area contributed by atoms with E-state index in [4.69, 9.17) is 9.47 Å². The van der Waals surface area contributed by atoms with E-state index in [1.807, 2.05) is 0 Å². The molecule has 0 unspecified atom stereocenters. The first-order chi connectivity index (χ1) is 17.3. The third-order valence-corrected chi connectivity index (χ3v) is 7.74. The SMILES string of the molecule is BrCCCOc1ccc(C2(c3ccc(OCCCBr)cc3)c3ccccc3-c3ccccc32)cc1. The molecule has 0 radical (unpaired) electrons. The summed E-state index contributed by atoms with van der Waals surface area (Å²) in [5, 5.41) is 1.88. The average Bonchev–Trinajstić information content (AvgIpc) is 3.21. The van der Waals surface area contributed by atoms with Crippen molar-refractivity contribution < 1.29 is 9.47 Å². The van der Waals surface area contributed by atoms with Gasteiger partial charge in [0.05, 0.1) is 18.6 Å². The lowest BCUT2D eigenvalue weighted by Crippen LogP contribution is -2.28. The summed E-state index contributed by atoms with van der Waals surface area (Å²) in [6.45, 7) is 1.41. The zero-order valence-corrected chi connectivity index (χ0v) is 22.7. The van der Waals surface area contributed by atoms with Crippen LogP contribution < -0.4 is 9.47 Å². The molecule has 0 aliphatic heterocycles. The van der Waals surface area contributed by atoms with Crippen molar-refractivity contribution in [1.29, 1.82) is 0 Å². The first-order valence-electron chi connectivity index (χ1n) is 12.1. The number of alkyl halides is 2. The van der Waals surface area contributed by atoms with Gasteiger partial charge in [0, 0.05) is 10.7 Å². The van der Waals surface area contributed by atoms with Crippen LogP contribution >= 0.6 is 31.9 Å². The van der Waals surface area contributed by atoms with Crippen LogP contribution in [0.2, 0.25) is 0 Å². The van der Waals surface area contributed by atoms with Crippen molar-refractivity contribution in [2.24, 2.45) is 0 Å². The molecule has 178 valence electrons. The van der Waals surface area contributed by atoms with E-state index >= 15 is 0 Å². The number of ether oxygens (including phenoxy) is 2. The van der Waals surface area contributed by atoms with E-state index in [2.05, 4.69) is 129 Å². The van der Waals surface area contributed by atoms with Crippen molar-refractivity contribution in [1.82, 2.24) is 0 Å². The number of fused-ring (bicyclic) bond motifs is 3. The molecule has 1 aliphatic rings. The molecular formula is C31H28Br2O2. The van der Waals surface area contributed by atoms with E-state index in [0.29, 0.717) is 13.2 Å². The molecule has 0 saturated carbocycles. The number of benzene rings is 4. The Morgan fingerprint density at radius 1 is 0.514 bits per heavy atom. The fourth-order valence-electron chi connectivity index (χ4n) is 5.12. The van der Waals surface area contributed by atoms with Crippen molar-refractivity contribution in [3.63, 3.8) is 0 Å². The minimum atomic E-state index is -0.407. The summed E-state index contributed by atoms with van der Waals surface area (Å²) >= 11 is 6.95. The second-order valence-electron chi connectivity index (χ2n) is 8.67. The molecule has 4 aromatic carbocycles. The third-order valence-electron chi connectivity index (χ3n) is 6.62. The Balaban J connectivity index is 1.64. The van der Waals surface area contributed by atoms with Gasteiger partial charge in [0.2, 0.25) is 0 Å². The molecule has 0 heterocycles. The van der Waals surface area contributed by atoms with Gasteiger partial charge >= 0.3 is 0 Å². The largest absolute Gasteiger partial charge is 0.494 e. The topological polar surface area (TPSA) is 18.5 Å². The second-order valence-corrected chi connectivity index (χ2v) is 10.3. The van der Waals surface area contributed by atoms with E-state index < -0.39 is 5.41 Å². The lowest BCUT2D eigenvalue weighted by molar-refractivity contribution is 0.319. The molecule has 35 heavy (non-hydrogen) atoms. The molecule has 0 bridgehead atoms. The van der Waals surface area contributed by atoms with Crippen LogP contribution in [0.4, 0.5) is 0 Å². The average molecular weight is 592 g/mol. The van der Waals surface area contributed by atoms with Crippen LogP contribution in [0.1, 0.15) is 35.1 Å². The van der Waals surface area contributed by atoms with E-state index in [0.717, 1.165) is 35.0 Å². The Morgan fingerprint density at radius 2 is 0.914 bits per heavy atom. The molecule has 0 spiro atoms. The van der Waals surface area contributed by atoms with Crippen molar-refractivity contribution in [3.8, 4) is 22.6 Å². The number of hydrogen-bond acceptors (Lipinski definition) is 2. The molecule has 4 aromatic rings.